The molecule has 9 heteroatoms. The molecule has 3 N–H and O–H groups in total. The van der Waals surface area contributed by atoms with Crippen LogP contribution in [0, 0.1) is 11.8 Å². The maximum atomic E-state index is 13.5. The first kappa shape index (κ1) is 23.5. The second-order valence-corrected chi connectivity index (χ2v) is 10.00. The lowest BCUT2D eigenvalue weighted by Gasteiger charge is -2.35. The van der Waals surface area contributed by atoms with Crippen LogP contribution in [-0.2, 0) is 19.1 Å². The number of aliphatic hydroxyl groups is 1. The fourth-order valence-electron chi connectivity index (χ4n) is 5.57. The van der Waals surface area contributed by atoms with Gasteiger partial charge >= 0.3 is 0 Å². The SMILES string of the molecule is CCOc1ccc(NC(=O)[C@@H]2[C@@H]3CCC4(O3)C(C(=O)NC(C)(C)C)N(CCO)C(=O)[C@H]24)cc1. The molecule has 0 radical (unpaired) electrons. The van der Waals surface area contributed by atoms with Crippen molar-refractivity contribution in [2.45, 2.75) is 63.8 Å². The second kappa shape index (κ2) is 8.61. The number of β-amino-alcohol motifs (C(OH)–C–C–N with tert-alkyl or cyclic N) is 1. The van der Waals surface area contributed by atoms with Gasteiger partial charge in [0.2, 0.25) is 17.7 Å². The molecule has 33 heavy (non-hydrogen) atoms. The molecule has 5 atom stereocenters. The summed E-state index contributed by atoms with van der Waals surface area (Å²) in [6.07, 6.45) is 0.686. The molecule has 3 fully saturated rings. The molecule has 2 unspecified atom stereocenters. The zero-order valence-electron chi connectivity index (χ0n) is 19.6. The van der Waals surface area contributed by atoms with Gasteiger partial charge in [-0.3, -0.25) is 14.4 Å². The van der Waals surface area contributed by atoms with Gasteiger partial charge in [-0.1, -0.05) is 0 Å². The highest BCUT2D eigenvalue weighted by molar-refractivity contribution is 6.02. The topological polar surface area (TPSA) is 117 Å². The van der Waals surface area contributed by atoms with Crippen molar-refractivity contribution >= 4 is 23.4 Å². The minimum absolute atomic E-state index is 0.0145. The third-order valence-corrected chi connectivity index (χ3v) is 6.62. The normalized spacial score (nSPS) is 30.3. The number of hydrogen-bond acceptors (Lipinski definition) is 6. The van der Waals surface area contributed by atoms with Crippen molar-refractivity contribution in [1.82, 2.24) is 10.2 Å². The van der Waals surface area contributed by atoms with Gasteiger partial charge in [0.25, 0.3) is 0 Å². The van der Waals surface area contributed by atoms with E-state index in [1.807, 2.05) is 27.7 Å². The second-order valence-electron chi connectivity index (χ2n) is 10.00. The van der Waals surface area contributed by atoms with Crippen molar-refractivity contribution in [3.05, 3.63) is 24.3 Å². The monoisotopic (exact) mass is 459 g/mol. The number of aliphatic hydroxyl groups excluding tert-OH is 1. The van der Waals surface area contributed by atoms with Gasteiger partial charge in [0.05, 0.1) is 31.2 Å². The summed E-state index contributed by atoms with van der Waals surface area (Å²) in [6, 6.07) is 6.17. The first-order valence-electron chi connectivity index (χ1n) is 11.6. The standard InChI is InChI=1S/C24H33N3O6/c1-5-32-15-8-6-14(7-9-15)25-20(29)17-16-10-11-24(33-16)18(17)22(31)27(12-13-28)19(24)21(30)26-23(2,3)4/h6-9,16-19,28H,5,10-13H2,1-4H3,(H,25,29)(H,26,30)/t16-,17+,18-,19?,24?/m0/s1. The van der Waals surface area contributed by atoms with Crippen LogP contribution in [0.15, 0.2) is 24.3 Å². The van der Waals surface area contributed by atoms with Gasteiger partial charge < -0.3 is 30.1 Å². The number of nitrogens with one attached hydrogen (secondary N) is 2. The Kier molecular flexibility index (Phi) is 6.13. The van der Waals surface area contributed by atoms with Crippen LogP contribution in [0.25, 0.3) is 0 Å². The molecule has 180 valence electrons. The minimum atomic E-state index is -1.06. The third kappa shape index (κ3) is 4.08. The summed E-state index contributed by atoms with van der Waals surface area (Å²) in [6.45, 7) is 7.79. The van der Waals surface area contributed by atoms with E-state index in [9.17, 15) is 19.5 Å². The summed E-state index contributed by atoms with van der Waals surface area (Å²) >= 11 is 0. The molecular formula is C24H33N3O6. The molecule has 0 saturated carbocycles. The number of amides is 3. The van der Waals surface area contributed by atoms with Gasteiger partial charge in [0, 0.05) is 17.8 Å². The number of hydrogen-bond donors (Lipinski definition) is 3. The maximum absolute atomic E-state index is 13.5. The highest BCUT2D eigenvalue weighted by atomic mass is 16.5. The van der Waals surface area contributed by atoms with E-state index in [-0.39, 0.29) is 30.9 Å². The number of rotatable bonds is 7. The first-order valence-corrected chi connectivity index (χ1v) is 11.6. The van der Waals surface area contributed by atoms with Gasteiger partial charge in [-0.2, -0.15) is 0 Å². The predicted molar refractivity (Wildman–Crippen MR) is 121 cm³/mol. The Morgan fingerprint density at radius 3 is 2.55 bits per heavy atom. The molecule has 9 nitrogen and oxygen atoms in total. The molecule has 3 heterocycles. The molecule has 1 aromatic carbocycles. The third-order valence-electron chi connectivity index (χ3n) is 6.62. The summed E-state index contributed by atoms with van der Waals surface area (Å²) in [5, 5.41) is 15.4. The summed E-state index contributed by atoms with van der Waals surface area (Å²) in [4.78, 5) is 41.5. The van der Waals surface area contributed by atoms with Crippen LogP contribution in [0.4, 0.5) is 5.69 Å². The number of fused-ring (bicyclic) bond motifs is 1. The summed E-state index contributed by atoms with van der Waals surface area (Å²) < 4.78 is 11.8. The van der Waals surface area contributed by atoms with E-state index in [2.05, 4.69) is 10.6 Å². The summed E-state index contributed by atoms with van der Waals surface area (Å²) in [5.74, 6) is -1.69. The Labute approximate surface area is 193 Å². The van der Waals surface area contributed by atoms with Crippen LogP contribution >= 0.6 is 0 Å². The van der Waals surface area contributed by atoms with Crippen LogP contribution in [0.5, 0.6) is 5.75 Å². The number of nitrogens with zero attached hydrogens (tertiary/aromatic N) is 1. The summed E-state index contributed by atoms with van der Waals surface area (Å²) in [5.41, 5.74) is -0.964. The predicted octanol–water partition coefficient (Wildman–Crippen LogP) is 1.31. The average Bonchev–Trinajstić information content (AvgIpc) is 3.36. The van der Waals surface area contributed by atoms with Gasteiger partial charge in [-0.25, -0.2) is 0 Å². The average molecular weight is 460 g/mol. The number of likely N-dealkylation sites (tertiary alicyclic amines) is 1. The lowest BCUT2D eigenvalue weighted by molar-refractivity contribution is -0.142. The number of carbonyl (C=O) groups is 3. The van der Waals surface area contributed by atoms with Crippen molar-refractivity contribution in [3.8, 4) is 5.75 Å². The molecule has 3 saturated heterocycles. The molecule has 3 aliphatic heterocycles. The van der Waals surface area contributed by atoms with E-state index >= 15 is 0 Å². The van der Waals surface area contributed by atoms with Gasteiger partial charge in [0.1, 0.15) is 17.4 Å². The molecule has 1 spiro atoms. The Balaban J connectivity index is 1.60. The quantitative estimate of drug-likeness (QED) is 0.566. The zero-order valence-corrected chi connectivity index (χ0v) is 19.6. The lowest BCUT2D eigenvalue weighted by Crippen LogP contribution is -2.58. The van der Waals surface area contributed by atoms with Gasteiger partial charge in [0.15, 0.2) is 0 Å². The molecule has 0 aliphatic carbocycles. The Hall–Kier alpha value is -2.65. The fraction of sp³-hybridized carbons (Fsp3) is 0.625. The van der Waals surface area contributed by atoms with Gasteiger partial charge in [-0.05, 0) is 64.8 Å². The molecular weight excluding hydrogens is 426 g/mol. The molecule has 4 rings (SSSR count). The highest BCUT2D eigenvalue weighted by Crippen LogP contribution is 2.58. The molecule has 1 aromatic rings. The lowest BCUT2D eigenvalue weighted by atomic mass is 9.70. The number of ether oxygens (including phenoxy) is 2. The number of carbonyl (C=O) groups excluding carboxylic acids is 3. The van der Waals surface area contributed by atoms with Crippen molar-refractivity contribution in [1.29, 1.82) is 0 Å². The van der Waals surface area contributed by atoms with Crippen molar-refractivity contribution in [2.75, 3.05) is 25.1 Å². The van der Waals surface area contributed by atoms with Crippen molar-refractivity contribution < 1.29 is 29.0 Å². The van der Waals surface area contributed by atoms with E-state index < -0.39 is 35.1 Å². The smallest absolute Gasteiger partial charge is 0.246 e. The van der Waals surface area contributed by atoms with E-state index in [0.29, 0.717) is 30.9 Å². The molecule has 3 aliphatic rings. The van der Waals surface area contributed by atoms with E-state index in [0.717, 1.165) is 0 Å². The van der Waals surface area contributed by atoms with Crippen LogP contribution in [-0.4, -0.2) is 70.8 Å². The van der Waals surface area contributed by atoms with Crippen molar-refractivity contribution in [3.63, 3.8) is 0 Å². The van der Waals surface area contributed by atoms with E-state index in [1.165, 1.54) is 4.90 Å². The van der Waals surface area contributed by atoms with E-state index in [1.54, 1.807) is 24.3 Å². The Morgan fingerprint density at radius 1 is 1.24 bits per heavy atom. The zero-order chi connectivity index (χ0) is 24.0. The highest BCUT2D eigenvalue weighted by Gasteiger charge is 2.74. The Morgan fingerprint density at radius 2 is 1.94 bits per heavy atom. The first-order chi connectivity index (χ1) is 15.6. The molecule has 2 bridgehead atoms. The number of anilines is 1. The van der Waals surface area contributed by atoms with Crippen molar-refractivity contribution in [2.24, 2.45) is 11.8 Å². The maximum Gasteiger partial charge on any atom is 0.246 e. The molecule has 3 amide bonds. The fourth-order valence-corrected chi connectivity index (χ4v) is 5.57. The molecule has 0 aromatic heterocycles. The Bertz CT molecular complexity index is 927. The van der Waals surface area contributed by atoms with Crippen LogP contribution < -0.4 is 15.4 Å². The minimum Gasteiger partial charge on any atom is -0.494 e. The van der Waals surface area contributed by atoms with Gasteiger partial charge in [-0.15, -0.1) is 0 Å². The van der Waals surface area contributed by atoms with Crippen LogP contribution in [0.3, 0.4) is 0 Å². The number of benzene rings is 1. The van der Waals surface area contributed by atoms with Crippen LogP contribution in [0.1, 0.15) is 40.5 Å². The van der Waals surface area contributed by atoms with Crippen LogP contribution in [0.2, 0.25) is 0 Å². The van der Waals surface area contributed by atoms with E-state index in [4.69, 9.17) is 9.47 Å². The largest absolute Gasteiger partial charge is 0.494 e. The summed E-state index contributed by atoms with van der Waals surface area (Å²) in [7, 11) is 0.